The summed E-state index contributed by atoms with van der Waals surface area (Å²) >= 11 is 5.87. The second-order valence-electron chi connectivity index (χ2n) is 5.19. The van der Waals surface area contributed by atoms with Crippen LogP contribution in [0.3, 0.4) is 0 Å². The highest BCUT2D eigenvalue weighted by Crippen LogP contribution is 2.24. The average Bonchev–Trinajstić information content (AvgIpc) is 3.10. The first kappa shape index (κ1) is 16.6. The minimum atomic E-state index is -0.341. The van der Waals surface area contributed by atoms with Crippen molar-refractivity contribution in [2.75, 3.05) is 5.32 Å². The largest absolute Gasteiger partial charge is 0.457 e. The zero-order valence-electron chi connectivity index (χ0n) is 13.1. The van der Waals surface area contributed by atoms with Crippen molar-refractivity contribution in [2.45, 2.75) is 0 Å². The Morgan fingerprint density at radius 3 is 2.60 bits per heavy atom. The third-order valence-electron chi connectivity index (χ3n) is 3.46. The van der Waals surface area contributed by atoms with Crippen molar-refractivity contribution in [2.24, 2.45) is 0 Å². The van der Waals surface area contributed by atoms with E-state index in [4.69, 9.17) is 21.3 Å². The highest BCUT2D eigenvalue weighted by atomic mass is 35.5. The molecule has 1 amide bonds. The first-order valence-corrected chi connectivity index (χ1v) is 7.87. The van der Waals surface area contributed by atoms with Crippen LogP contribution >= 0.6 is 11.6 Å². The number of amides is 1. The van der Waals surface area contributed by atoms with Crippen molar-refractivity contribution < 1.29 is 9.21 Å². The summed E-state index contributed by atoms with van der Waals surface area (Å²) in [4.78, 5) is 12.0. The summed E-state index contributed by atoms with van der Waals surface area (Å²) in [6, 6.07) is 19.7. The number of rotatable bonds is 4. The third kappa shape index (κ3) is 4.17. The van der Waals surface area contributed by atoms with E-state index in [-0.39, 0.29) is 5.91 Å². The number of benzene rings is 2. The molecule has 0 saturated carbocycles. The van der Waals surface area contributed by atoms with Crippen LogP contribution in [0.15, 0.2) is 71.2 Å². The minimum Gasteiger partial charge on any atom is -0.457 e. The van der Waals surface area contributed by atoms with Crippen LogP contribution in [0.2, 0.25) is 5.02 Å². The van der Waals surface area contributed by atoms with Gasteiger partial charge in [0, 0.05) is 16.7 Å². The molecular weight excluding hydrogens is 336 g/mol. The quantitative estimate of drug-likeness (QED) is 0.665. The standard InChI is InChI=1S/C20H13ClN2O2/c21-16-7-5-14(6-8-16)19-11-9-17(25-19)10-12-20(24)23-18-4-2-1-3-15(18)13-22/h1-12H,(H,23,24). The number of anilines is 1. The predicted octanol–water partition coefficient (Wildman–Crippen LogP) is 5.12. The summed E-state index contributed by atoms with van der Waals surface area (Å²) in [5, 5.41) is 12.4. The van der Waals surface area contributed by atoms with Gasteiger partial charge >= 0.3 is 0 Å². The molecule has 0 radical (unpaired) electrons. The Morgan fingerprint density at radius 1 is 1.08 bits per heavy atom. The lowest BCUT2D eigenvalue weighted by Gasteiger charge is -2.03. The van der Waals surface area contributed by atoms with Gasteiger partial charge < -0.3 is 9.73 Å². The van der Waals surface area contributed by atoms with Crippen molar-refractivity contribution >= 4 is 29.3 Å². The monoisotopic (exact) mass is 348 g/mol. The van der Waals surface area contributed by atoms with Crippen LogP contribution in [0.5, 0.6) is 0 Å². The van der Waals surface area contributed by atoms with Crippen molar-refractivity contribution in [3.63, 3.8) is 0 Å². The molecule has 0 saturated heterocycles. The molecule has 0 aliphatic carbocycles. The second kappa shape index (κ2) is 7.52. The number of furan rings is 1. The highest BCUT2D eigenvalue weighted by molar-refractivity contribution is 6.30. The molecule has 0 aliphatic rings. The molecule has 0 spiro atoms. The summed E-state index contributed by atoms with van der Waals surface area (Å²) in [6.45, 7) is 0. The molecule has 4 nitrogen and oxygen atoms in total. The predicted molar refractivity (Wildman–Crippen MR) is 98.0 cm³/mol. The van der Waals surface area contributed by atoms with E-state index in [0.717, 1.165) is 5.56 Å². The van der Waals surface area contributed by atoms with Crippen molar-refractivity contribution in [3.8, 4) is 17.4 Å². The molecule has 0 aliphatic heterocycles. The van der Waals surface area contributed by atoms with E-state index in [2.05, 4.69) is 5.32 Å². The first-order valence-electron chi connectivity index (χ1n) is 7.50. The van der Waals surface area contributed by atoms with Crippen LogP contribution in [0, 0.1) is 11.3 Å². The molecule has 0 fully saturated rings. The minimum absolute atomic E-state index is 0.341. The fraction of sp³-hybridized carbons (Fsp3) is 0. The summed E-state index contributed by atoms with van der Waals surface area (Å²) in [7, 11) is 0. The summed E-state index contributed by atoms with van der Waals surface area (Å²) < 4.78 is 5.69. The first-order chi connectivity index (χ1) is 12.2. The Kier molecular flexibility index (Phi) is 4.98. The highest BCUT2D eigenvalue weighted by Gasteiger charge is 2.05. The van der Waals surface area contributed by atoms with Crippen LogP contribution in [0.1, 0.15) is 11.3 Å². The maximum atomic E-state index is 12.0. The Morgan fingerprint density at radius 2 is 1.84 bits per heavy atom. The summed E-state index contributed by atoms with van der Waals surface area (Å²) in [5.41, 5.74) is 1.78. The fourth-order valence-electron chi connectivity index (χ4n) is 2.23. The zero-order valence-corrected chi connectivity index (χ0v) is 13.8. The number of nitriles is 1. The third-order valence-corrected chi connectivity index (χ3v) is 3.71. The molecule has 2 aromatic carbocycles. The van der Waals surface area contributed by atoms with E-state index in [1.54, 1.807) is 48.5 Å². The lowest BCUT2D eigenvalue weighted by atomic mass is 10.2. The second-order valence-corrected chi connectivity index (χ2v) is 5.63. The Balaban J connectivity index is 1.69. The molecule has 1 N–H and O–H groups in total. The molecule has 0 bridgehead atoms. The molecule has 3 rings (SSSR count). The fourth-order valence-corrected chi connectivity index (χ4v) is 2.36. The van der Waals surface area contributed by atoms with Crippen molar-refractivity contribution in [3.05, 3.63) is 83.1 Å². The van der Waals surface area contributed by atoms with Crippen LogP contribution in [-0.4, -0.2) is 5.91 Å². The van der Waals surface area contributed by atoms with Gasteiger partial charge in [-0.15, -0.1) is 0 Å². The number of carbonyl (C=O) groups is 1. The van der Waals surface area contributed by atoms with Gasteiger partial charge in [0.05, 0.1) is 11.3 Å². The van der Waals surface area contributed by atoms with Crippen LogP contribution in [-0.2, 0) is 4.79 Å². The molecule has 3 aromatic rings. The van der Waals surface area contributed by atoms with Crippen LogP contribution in [0.25, 0.3) is 17.4 Å². The van der Waals surface area contributed by atoms with Gasteiger partial charge in [0.25, 0.3) is 0 Å². The summed E-state index contributed by atoms with van der Waals surface area (Å²) in [5.74, 6) is 0.896. The van der Waals surface area contributed by atoms with E-state index >= 15 is 0 Å². The zero-order chi connectivity index (χ0) is 17.6. The number of hydrogen-bond acceptors (Lipinski definition) is 3. The molecule has 0 atom stereocenters. The van der Waals surface area contributed by atoms with Gasteiger partial charge in [-0.2, -0.15) is 5.26 Å². The van der Waals surface area contributed by atoms with Gasteiger partial charge in [-0.3, -0.25) is 4.79 Å². The number of carbonyl (C=O) groups excluding carboxylic acids is 1. The van der Waals surface area contributed by atoms with E-state index < -0.39 is 0 Å². The van der Waals surface area contributed by atoms with E-state index in [9.17, 15) is 4.79 Å². The van der Waals surface area contributed by atoms with Crippen LogP contribution < -0.4 is 5.32 Å². The van der Waals surface area contributed by atoms with E-state index in [1.807, 2.05) is 24.3 Å². The maximum absolute atomic E-state index is 12.0. The van der Waals surface area contributed by atoms with Gasteiger partial charge in [-0.25, -0.2) is 0 Å². The van der Waals surface area contributed by atoms with Gasteiger partial charge in [0.1, 0.15) is 17.6 Å². The lowest BCUT2D eigenvalue weighted by molar-refractivity contribution is -0.111. The Labute approximate surface area is 150 Å². The SMILES string of the molecule is N#Cc1ccccc1NC(=O)C=Cc1ccc(-c2ccc(Cl)cc2)o1. The molecular formula is C20H13ClN2O2. The van der Waals surface area contributed by atoms with Gasteiger partial charge in [-0.1, -0.05) is 23.7 Å². The molecule has 122 valence electrons. The van der Waals surface area contributed by atoms with Crippen LogP contribution in [0.4, 0.5) is 5.69 Å². The lowest BCUT2D eigenvalue weighted by Crippen LogP contribution is -2.08. The number of nitrogens with one attached hydrogen (secondary N) is 1. The van der Waals surface area contributed by atoms with Crippen molar-refractivity contribution in [1.29, 1.82) is 5.26 Å². The number of hydrogen-bond donors (Lipinski definition) is 1. The normalized spacial score (nSPS) is 10.6. The smallest absolute Gasteiger partial charge is 0.248 e. The number of para-hydroxylation sites is 1. The Hall–Kier alpha value is -3.29. The van der Waals surface area contributed by atoms with E-state index in [1.165, 1.54) is 6.08 Å². The average molecular weight is 349 g/mol. The molecule has 25 heavy (non-hydrogen) atoms. The number of nitrogens with zero attached hydrogens (tertiary/aromatic N) is 1. The maximum Gasteiger partial charge on any atom is 0.248 e. The van der Waals surface area contributed by atoms with Gasteiger partial charge in [0.2, 0.25) is 5.91 Å². The van der Waals surface area contributed by atoms with Crippen molar-refractivity contribution in [1.82, 2.24) is 0 Å². The van der Waals surface area contributed by atoms with Gasteiger partial charge in [-0.05, 0) is 54.6 Å². The number of halogens is 1. The van der Waals surface area contributed by atoms with Gasteiger partial charge in [0.15, 0.2) is 0 Å². The topological polar surface area (TPSA) is 66.0 Å². The van der Waals surface area contributed by atoms with E-state index in [0.29, 0.717) is 27.8 Å². The Bertz CT molecular complexity index is 966. The molecule has 5 heteroatoms. The summed E-state index contributed by atoms with van der Waals surface area (Å²) in [6.07, 6.45) is 2.93. The molecule has 1 heterocycles. The molecule has 0 unspecified atom stereocenters. The molecule has 1 aromatic heterocycles.